The quantitative estimate of drug-likeness (QED) is 0.572. The number of likely N-dealkylation sites (tertiary alicyclic amines) is 1. The van der Waals surface area contributed by atoms with Crippen LogP contribution in [0.15, 0.2) is 22.8 Å². The number of allylic oxidation sites excluding steroid dienone is 4. The van der Waals surface area contributed by atoms with Gasteiger partial charge in [-0.1, -0.05) is 49.9 Å². The van der Waals surface area contributed by atoms with E-state index in [0.717, 1.165) is 49.0 Å². The highest BCUT2D eigenvalue weighted by atomic mass is 35.5. The molecule has 2 N–H and O–H groups in total. The molecule has 2 rings (SSSR count). The summed E-state index contributed by atoms with van der Waals surface area (Å²) >= 11 is 6.01. The van der Waals surface area contributed by atoms with Crippen LogP contribution in [0.5, 0.6) is 0 Å². The molecule has 0 aromatic heterocycles. The van der Waals surface area contributed by atoms with Crippen LogP contribution in [0.25, 0.3) is 0 Å². The largest absolute Gasteiger partial charge is 0.480 e. The number of nitrogens with zero attached hydrogens (tertiary/aromatic N) is 1. The van der Waals surface area contributed by atoms with E-state index in [9.17, 15) is 19.5 Å². The van der Waals surface area contributed by atoms with Crippen molar-refractivity contribution in [1.82, 2.24) is 10.2 Å². The van der Waals surface area contributed by atoms with Gasteiger partial charge in [0.1, 0.15) is 0 Å². The average molecular weight is 397 g/mol. The maximum Gasteiger partial charge on any atom is 0.327 e. The third kappa shape index (κ3) is 5.34. The zero-order valence-electron chi connectivity index (χ0n) is 16.0. The summed E-state index contributed by atoms with van der Waals surface area (Å²) in [6.07, 6.45) is 10.0. The molecule has 0 aromatic carbocycles. The number of rotatable bonds is 9. The number of carboxylic acids is 1. The predicted molar refractivity (Wildman–Crippen MR) is 104 cm³/mol. The van der Waals surface area contributed by atoms with Crippen molar-refractivity contribution in [2.75, 3.05) is 0 Å². The smallest absolute Gasteiger partial charge is 0.327 e. The number of hydrogen-bond acceptors (Lipinski definition) is 3. The molecule has 150 valence electrons. The third-order valence-electron chi connectivity index (χ3n) is 5.21. The van der Waals surface area contributed by atoms with E-state index < -0.39 is 29.9 Å². The third-order valence-corrected chi connectivity index (χ3v) is 5.47. The molecule has 0 spiro atoms. The molecule has 1 aliphatic heterocycles. The minimum Gasteiger partial charge on any atom is -0.480 e. The first-order chi connectivity index (χ1) is 12.9. The van der Waals surface area contributed by atoms with Gasteiger partial charge in [-0.2, -0.15) is 0 Å². The Bertz CT molecular complexity index is 638. The second kappa shape index (κ2) is 9.93. The van der Waals surface area contributed by atoms with Gasteiger partial charge >= 0.3 is 12.0 Å². The van der Waals surface area contributed by atoms with Crippen molar-refractivity contribution >= 4 is 29.5 Å². The maximum absolute atomic E-state index is 12.5. The summed E-state index contributed by atoms with van der Waals surface area (Å²) in [5, 5.41) is 13.1. The summed E-state index contributed by atoms with van der Waals surface area (Å²) in [6, 6.07) is -1.70. The zero-order valence-corrected chi connectivity index (χ0v) is 16.8. The van der Waals surface area contributed by atoms with Crippen LogP contribution in [-0.2, 0) is 9.59 Å². The summed E-state index contributed by atoms with van der Waals surface area (Å²) < 4.78 is 0. The number of halogens is 1. The first-order valence-electron chi connectivity index (χ1n) is 9.80. The molecule has 0 radical (unpaired) electrons. The Morgan fingerprint density at radius 3 is 2.56 bits per heavy atom. The Kier molecular flexibility index (Phi) is 7.90. The lowest BCUT2D eigenvalue weighted by atomic mass is 9.82. The van der Waals surface area contributed by atoms with Crippen LogP contribution in [0.4, 0.5) is 4.79 Å². The molecule has 1 heterocycles. The van der Waals surface area contributed by atoms with Crippen LogP contribution in [0.2, 0.25) is 0 Å². The average Bonchev–Trinajstić information content (AvgIpc) is 2.59. The number of nitrogens with one attached hydrogen (secondary N) is 1. The molecular weight excluding hydrogens is 368 g/mol. The molecule has 1 aliphatic carbocycles. The maximum atomic E-state index is 12.5. The number of amides is 3. The minimum absolute atomic E-state index is 0.0323. The van der Waals surface area contributed by atoms with Crippen molar-refractivity contribution in [1.29, 1.82) is 0 Å². The molecule has 6 nitrogen and oxygen atoms in total. The molecule has 1 unspecified atom stereocenters. The number of carboxylic acid groups (broad SMARTS) is 1. The van der Waals surface area contributed by atoms with Crippen LogP contribution in [0, 0.1) is 5.92 Å². The van der Waals surface area contributed by atoms with Crippen molar-refractivity contribution in [2.24, 2.45) is 5.92 Å². The lowest BCUT2D eigenvalue weighted by Crippen LogP contribution is -2.68. The van der Waals surface area contributed by atoms with Gasteiger partial charge in [-0.3, -0.25) is 4.79 Å². The summed E-state index contributed by atoms with van der Waals surface area (Å²) in [6.45, 7) is 4.06. The van der Waals surface area contributed by atoms with Gasteiger partial charge in [0, 0.05) is 11.1 Å². The molecule has 0 saturated carbocycles. The Morgan fingerprint density at radius 2 is 2.00 bits per heavy atom. The molecular formula is C20H29ClN2O4. The predicted octanol–water partition coefficient (Wildman–Crippen LogP) is 4.20. The normalized spacial score (nSPS) is 22.2. The summed E-state index contributed by atoms with van der Waals surface area (Å²) in [5.41, 5.74) is 1.12. The van der Waals surface area contributed by atoms with Crippen molar-refractivity contribution in [3.63, 3.8) is 0 Å². The first kappa shape index (κ1) is 21.5. The van der Waals surface area contributed by atoms with E-state index in [1.54, 1.807) is 0 Å². The van der Waals surface area contributed by atoms with Crippen molar-refractivity contribution in [3.8, 4) is 0 Å². The van der Waals surface area contributed by atoms with Crippen molar-refractivity contribution in [2.45, 2.75) is 77.3 Å². The van der Waals surface area contributed by atoms with E-state index in [2.05, 4.69) is 5.32 Å². The monoisotopic (exact) mass is 396 g/mol. The second-order valence-electron chi connectivity index (χ2n) is 7.29. The molecule has 0 aromatic rings. The topological polar surface area (TPSA) is 86.7 Å². The SMILES string of the molecule is CCCC(CCC)NC(=O)N1C(=O)[C@H](CCC2=CC(Cl)=CCC2)C1C(=O)O. The van der Waals surface area contributed by atoms with Crippen LogP contribution < -0.4 is 5.32 Å². The highest BCUT2D eigenvalue weighted by Gasteiger charge is 2.54. The van der Waals surface area contributed by atoms with Gasteiger partial charge in [0.05, 0.1) is 5.92 Å². The zero-order chi connectivity index (χ0) is 20.0. The number of carbonyl (C=O) groups is 3. The Hall–Kier alpha value is -1.82. The lowest BCUT2D eigenvalue weighted by molar-refractivity contribution is -0.166. The Balaban J connectivity index is 1.98. The van der Waals surface area contributed by atoms with Crippen LogP contribution >= 0.6 is 11.6 Å². The van der Waals surface area contributed by atoms with Gasteiger partial charge in [0.15, 0.2) is 6.04 Å². The molecule has 7 heteroatoms. The summed E-state index contributed by atoms with van der Waals surface area (Å²) in [7, 11) is 0. The van der Waals surface area contributed by atoms with E-state index in [0.29, 0.717) is 17.9 Å². The molecule has 1 fully saturated rings. The van der Waals surface area contributed by atoms with Crippen LogP contribution in [0.1, 0.15) is 65.2 Å². The van der Waals surface area contributed by atoms with E-state index in [4.69, 9.17) is 11.6 Å². The molecule has 27 heavy (non-hydrogen) atoms. The fourth-order valence-corrected chi connectivity index (χ4v) is 4.09. The van der Waals surface area contributed by atoms with Gasteiger partial charge < -0.3 is 10.4 Å². The van der Waals surface area contributed by atoms with Crippen LogP contribution in [0.3, 0.4) is 0 Å². The van der Waals surface area contributed by atoms with Gasteiger partial charge in [0.2, 0.25) is 5.91 Å². The number of β-lactam (4-membered cyclic amide) rings is 1. The van der Waals surface area contributed by atoms with E-state index in [-0.39, 0.29) is 6.04 Å². The van der Waals surface area contributed by atoms with Crippen LogP contribution in [-0.4, -0.2) is 40.0 Å². The molecule has 2 atom stereocenters. The fourth-order valence-electron chi connectivity index (χ4n) is 3.83. The highest BCUT2D eigenvalue weighted by molar-refractivity contribution is 6.31. The number of carbonyl (C=O) groups excluding carboxylic acids is 2. The highest BCUT2D eigenvalue weighted by Crippen LogP contribution is 2.34. The minimum atomic E-state index is -1.13. The Labute approximate surface area is 165 Å². The lowest BCUT2D eigenvalue weighted by Gasteiger charge is -2.43. The molecule has 0 bridgehead atoms. The number of imide groups is 1. The van der Waals surface area contributed by atoms with Gasteiger partial charge in [0.25, 0.3) is 0 Å². The van der Waals surface area contributed by atoms with Gasteiger partial charge in [-0.15, -0.1) is 0 Å². The standard InChI is InChI=1S/C20H29ClN2O4/c1-3-6-15(7-4-2)22-20(27)23-17(19(25)26)16(18(23)24)11-10-13-8-5-9-14(21)12-13/h9,12,15-17H,3-8,10-11H2,1-2H3,(H,22,27)(H,25,26)/t16-,17?/m1/s1. The number of urea groups is 1. The van der Waals surface area contributed by atoms with Crippen molar-refractivity contribution < 1.29 is 19.5 Å². The molecule has 2 aliphatic rings. The van der Waals surface area contributed by atoms with Gasteiger partial charge in [-0.05, 0) is 44.6 Å². The van der Waals surface area contributed by atoms with Gasteiger partial charge in [-0.25, -0.2) is 14.5 Å². The van der Waals surface area contributed by atoms with E-state index in [1.807, 2.05) is 26.0 Å². The molecule has 3 amide bonds. The second-order valence-corrected chi connectivity index (χ2v) is 7.73. The molecule has 1 saturated heterocycles. The van der Waals surface area contributed by atoms with E-state index in [1.165, 1.54) is 0 Å². The number of hydrogen-bond donors (Lipinski definition) is 2. The fraction of sp³-hybridized carbons (Fsp3) is 0.650. The van der Waals surface area contributed by atoms with Crippen molar-refractivity contribution in [3.05, 3.63) is 22.8 Å². The summed E-state index contributed by atoms with van der Waals surface area (Å²) in [5.74, 6) is -2.19. The van der Waals surface area contributed by atoms with E-state index >= 15 is 0 Å². The number of aliphatic carboxylic acids is 1. The Morgan fingerprint density at radius 1 is 1.33 bits per heavy atom. The summed E-state index contributed by atoms with van der Waals surface area (Å²) in [4.78, 5) is 37.6. The first-order valence-corrected chi connectivity index (χ1v) is 10.2.